The summed E-state index contributed by atoms with van der Waals surface area (Å²) in [5.41, 5.74) is 2.52. The van der Waals surface area contributed by atoms with Crippen LogP contribution in [0.4, 0.5) is 0 Å². The van der Waals surface area contributed by atoms with Crippen molar-refractivity contribution in [2.45, 2.75) is 31.1 Å². The molecule has 1 aromatic heterocycles. The topological polar surface area (TPSA) is 115 Å². The standard InChI is InChI=1S/C26H28N2O7S/c1-2-17-4-3-5-20-21(15-27-25(17)20)22(29)16-35-26(30)18-8-10-28(11-9-18)36(31,32)19-6-7-23-24(14-19)34-13-12-33-23/h3-7,14-15,18,27H,2,8-13,16H2,1H3. The summed E-state index contributed by atoms with van der Waals surface area (Å²) >= 11 is 0. The molecule has 2 aliphatic rings. The number of ketones is 1. The highest BCUT2D eigenvalue weighted by Gasteiger charge is 2.34. The lowest BCUT2D eigenvalue weighted by atomic mass is 9.98. The van der Waals surface area contributed by atoms with Crippen molar-refractivity contribution in [2.75, 3.05) is 32.9 Å². The highest BCUT2D eigenvalue weighted by Crippen LogP contribution is 2.34. The van der Waals surface area contributed by atoms with E-state index < -0.39 is 21.9 Å². The summed E-state index contributed by atoms with van der Waals surface area (Å²) in [5.74, 6) is -0.282. The number of carbonyl (C=O) groups excluding carboxylic acids is 2. The van der Waals surface area contributed by atoms with Crippen LogP contribution >= 0.6 is 0 Å². The van der Waals surface area contributed by atoms with Crippen LogP contribution < -0.4 is 9.47 Å². The number of esters is 1. The van der Waals surface area contributed by atoms with E-state index in [4.69, 9.17) is 14.2 Å². The molecule has 0 saturated carbocycles. The Morgan fingerprint density at radius 3 is 2.58 bits per heavy atom. The van der Waals surface area contributed by atoms with Gasteiger partial charge in [-0.05, 0) is 37.0 Å². The number of para-hydroxylation sites is 1. The molecule has 2 aromatic carbocycles. The Hall–Kier alpha value is -3.37. The van der Waals surface area contributed by atoms with Gasteiger partial charge in [0.25, 0.3) is 0 Å². The number of piperidine rings is 1. The maximum absolute atomic E-state index is 13.1. The van der Waals surface area contributed by atoms with Crippen molar-refractivity contribution in [3.63, 3.8) is 0 Å². The van der Waals surface area contributed by atoms with Crippen LogP contribution in [0, 0.1) is 5.92 Å². The molecule has 0 amide bonds. The molecule has 1 saturated heterocycles. The number of carbonyl (C=O) groups is 2. The number of rotatable bonds is 7. The van der Waals surface area contributed by atoms with Gasteiger partial charge in [0.15, 0.2) is 18.1 Å². The Balaban J connectivity index is 1.17. The van der Waals surface area contributed by atoms with Gasteiger partial charge in [-0.15, -0.1) is 0 Å². The van der Waals surface area contributed by atoms with Crippen LogP contribution in [-0.4, -0.2) is 62.4 Å². The molecule has 0 spiro atoms. The number of fused-ring (bicyclic) bond motifs is 2. The number of nitrogens with zero attached hydrogens (tertiary/aromatic N) is 1. The lowest BCUT2D eigenvalue weighted by molar-refractivity contribution is -0.148. The Kier molecular flexibility index (Phi) is 6.72. The molecule has 3 heterocycles. The summed E-state index contributed by atoms with van der Waals surface area (Å²) in [6.45, 7) is 2.87. The van der Waals surface area contributed by atoms with E-state index in [1.54, 1.807) is 12.3 Å². The predicted octanol–water partition coefficient (Wildman–Crippen LogP) is 3.33. The van der Waals surface area contributed by atoms with Crippen molar-refractivity contribution in [3.05, 3.63) is 53.7 Å². The minimum absolute atomic E-state index is 0.128. The summed E-state index contributed by atoms with van der Waals surface area (Å²) in [4.78, 5) is 28.7. The molecule has 190 valence electrons. The number of nitrogens with one attached hydrogen (secondary N) is 1. The van der Waals surface area contributed by atoms with E-state index >= 15 is 0 Å². The van der Waals surface area contributed by atoms with Gasteiger partial charge >= 0.3 is 5.97 Å². The molecular formula is C26H28N2O7S. The summed E-state index contributed by atoms with van der Waals surface area (Å²) < 4.78 is 43.9. The van der Waals surface area contributed by atoms with Gasteiger partial charge in [-0.3, -0.25) is 9.59 Å². The third kappa shape index (κ3) is 4.58. The quantitative estimate of drug-likeness (QED) is 0.381. The molecule has 0 bridgehead atoms. The van der Waals surface area contributed by atoms with E-state index in [1.807, 2.05) is 25.1 Å². The molecule has 36 heavy (non-hydrogen) atoms. The van der Waals surface area contributed by atoms with Gasteiger partial charge in [-0.1, -0.05) is 25.1 Å². The largest absolute Gasteiger partial charge is 0.486 e. The van der Waals surface area contributed by atoms with Crippen molar-refractivity contribution in [2.24, 2.45) is 5.92 Å². The molecule has 0 aliphatic carbocycles. The minimum Gasteiger partial charge on any atom is -0.486 e. The molecule has 1 N–H and O–H groups in total. The number of benzene rings is 2. The van der Waals surface area contributed by atoms with Crippen LogP contribution in [0.2, 0.25) is 0 Å². The van der Waals surface area contributed by atoms with Gasteiger partial charge < -0.3 is 19.2 Å². The summed E-state index contributed by atoms with van der Waals surface area (Å²) in [6.07, 6.45) is 3.14. The number of sulfonamides is 1. The molecule has 5 rings (SSSR count). The molecule has 9 nitrogen and oxygen atoms in total. The smallest absolute Gasteiger partial charge is 0.309 e. The second-order valence-electron chi connectivity index (χ2n) is 8.91. The van der Waals surface area contributed by atoms with Crippen LogP contribution in [0.25, 0.3) is 10.9 Å². The van der Waals surface area contributed by atoms with E-state index in [0.717, 1.165) is 22.9 Å². The Labute approximate surface area is 209 Å². The lowest BCUT2D eigenvalue weighted by Crippen LogP contribution is -2.40. The van der Waals surface area contributed by atoms with E-state index in [2.05, 4.69) is 4.98 Å². The maximum atomic E-state index is 13.1. The molecule has 2 aliphatic heterocycles. The van der Waals surface area contributed by atoms with Gasteiger partial charge in [-0.2, -0.15) is 4.31 Å². The molecule has 1 fully saturated rings. The maximum Gasteiger partial charge on any atom is 0.309 e. The highest BCUT2D eigenvalue weighted by atomic mass is 32.2. The van der Waals surface area contributed by atoms with Crippen molar-refractivity contribution in [1.29, 1.82) is 0 Å². The summed E-state index contributed by atoms with van der Waals surface area (Å²) in [6, 6.07) is 10.4. The number of H-pyrrole nitrogens is 1. The SMILES string of the molecule is CCc1cccc2c(C(=O)COC(=O)C3CCN(S(=O)(=O)c4ccc5c(c4)OCCO5)CC3)c[nH]c12. The molecule has 0 unspecified atom stereocenters. The van der Waals surface area contributed by atoms with Gasteiger partial charge in [0.05, 0.1) is 10.8 Å². The molecule has 0 radical (unpaired) electrons. The fourth-order valence-electron chi connectivity index (χ4n) is 4.74. The Morgan fingerprint density at radius 1 is 1.08 bits per heavy atom. The number of aryl methyl sites for hydroxylation is 1. The second-order valence-corrected chi connectivity index (χ2v) is 10.8. The number of aromatic amines is 1. The highest BCUT2D eigenvalue weighted by molar-refractivity contribution is 7.89. The Morgan fingerprint density at radius 2 is 1.83 bits per heavy atom. The van der Waals surface area contributed by atoms with E-state index in [9.17, 15) is 18.0 Å². The van der Waals surface area contributed by atoms with Gasteiger partial charge in [-0.25, -0.2) is 8.42 Å². The van der Waals surface area contributed by atoms with Gasteiger partial charge in [0, 0.05) is 41.8 Å². The predicted molar refractivity (Wildman–Crippen MR) is 132 cm³/mol. The number of aromatic nitrogens is 1. The molecule has 10 heteroatoms. The number of hydrogen-bond acceptors (Lipinski definition) is 7. The van der Waals surface area contributed by atoms with Gasteiger partial charge in [0.2, 0.25) is 15.8 Å². The number of hydrogen-bond donors (Lipinski definition) is 1. The second kappa shape index (κ2) is 9.94. The first-order chi connectivity index (χ1) is 17.4. The lowest BCUT2D eigenvalue weighted by Gasteiger charge is -2.30. The number of ether oxygens (including phenoxy) is 3. The Bertz CT molecular complexity index is 1400. The zero-order valence-corrected chi connectivity index (χ0v) is 20.8. The molecule has 0 atom stereocenters. The average molecular weight is 513 g/mol. The summed E-state index contributed by atoms with van der Waals surface area (Å²) in [5, 5.41) is 0.813. The minimum atomic E-state index is -3.74. The van der Waals surface area contributed by atoms with E-state index in [-0.39, 0.29) is 30.4 Å². The van der Waals surface area contributed by atoms with Crippen molar-refractivity contribution < 1.29 is 32.2 Å². The zero-order chi connectivity index (χ0) is 25.3. The van der Waals surface area contributed by atoms with Crippen LogP contribution in [0.15, 0.2) is 47.5 Å². The first-order valence-corrected chi connectivity index (χ1v) is 13.5. The molecule has 3 aromatic rings. The third-order valence-electron chi connectivity index (χ3n) is 6.77. The number of Topliss-reactive ketones (excluding diaryl/α,β-unsaturated/α-hetero) is 1. The summed E-state index contributed by atoms with van der Waals surface area (Å²) in [7, 11) is -3.74. The van der Waals surface area contributed by atoms with E-state index in [0.29, 0.717) is 43.1 Å². The van der Waals surface area contributed by atoms with Crippen LogP contribution in [0.3, 0.4) is 0 Å². The third-order valence-corrected chi connectivity index (χ3v) is 8.66. The monoisotopic (exact) mass is 512 g/mol. The van der Waals surface area contributed by atoms with E-state index in [1.165, 1.54) is 16.4 Å². The average Bonchev–Trinajstić information content (AvgIpc) is 3.36. The zero-order valence-electron chi connectivity index (χ0n) is 20.0. The first-order valence-electron chi connectivity index (χ1n) is 12.1. The van der Waals surface area contributed by atoms with Crippen LogP contribution in [-0.2, 0) is 26.0 Å². The van der Waals surface area contributed by atoms with Crippen molar-refractivity contribution >= 4 is 32.7 Å². The fourth-order valence-corrected chi connectivity index (χ4v) is 6.23. The van der Waals surface area contributed by atoms with Crippen LogP contribution in [0.1, 0.15) is 35.7 Å². The van der Waals surface area contributed by atoms with Crippen LogP contribution in [0.5, 0.6) is 11.5 Å². The normalized spacial score (nSPS) is 16.7. The van der Waals surface area contributed by atoms with Crippen molar-refractivity contribution in [3.8, 4) is 11.5 Å². The fraction of sp³-hybridized carbons (Fsp3) is 0.385. The van der Waals surface area contributed by atoms with Crippen molar-refractivity contribution in [1.82, 2.24) is 9.29 Å². The van der Waals surface area contributed by atoms with Gasteiger partial charge in [0.1, 0.15) is 13.2 Å². The molecular weight excluding hydrogens is 484 g/mol. The first kappa shape index (κ1) is 24.3.